The molecule has 0 bridgehead atoms. The zero-order chi connectivity index (χ0) is 96.5. The molecule has 0 spiro atoms. The van der Waals surface area contributed by atoms with E-state index in [-0.39, 0.29) is 45.9 Å². The van der Waals surface area contributed by atoms with Crippen LogP contribution in [0.2, 0.25) is 0 Å². The van der Waals surface area contributed by atoms with Gasteiger partial charge >= 0.3 is 17.9 Å². The number of carbonyl (C=O) groups excluding carboxylic acids is 6. The second-order valence-electron chi connectivity index (χ2n) is 30.1. The number of phenolic OH excluding ortho intramolecular Hbond substituents is 3. The molecule has 0 unspecified atom stereocenters. The molecule has 0 aliphatic carbocycles. The molecule has 17 aromatic rings. The van der Waals surface area contributed by atoms with Crippen molar-refractivity contribution >= 4 is 127 Å². The number of carboxylic acid groups (broad SMARTS) is 1. The van der Waals surface area contributed by atoms with Crippen molar-refractivity contribution < 1.29 is 101 Å². The van der Waals surface area contributed by atoms with Crippen LogP contribution in [0.5, 0.6) is 74.7 Å². The van der Waals surface area contributed by atoms with Crippen molar-refractivity contribution in [2.24, 2.45) is 0 Å². The molecular formula is C109H96N2O21S4. The Labute approximate surface area is 800 Å². The summed E-state index contributed by atoms with van der Waals surface area (Å²) in [5, 5.41) is 47.5. The Morgan fingerprint density at radius 1 is 0.272 bits per heavy atom. The maximum Gasteiger partial charge on any atom is 0.335 e. The highest BCUT2D eigenvalue weighted by molar-refractivity contribution is 7.24. The first-order valence-electron chi connectivity index (χ1n) is 42.9. The Morgan fingerprint density at radius 2 is 0.500 bits per heavy atom. The number of hydrogen-bond donors (Lipinski definition) is 6. The molecule has 0 fully saturated rings. The molecule has 0 radical (unpaired) electrons. The highest BCUT2D eigenvalue weighted by atomic mass is 32.1. The number of benzene rings is 13. The van der Waals surface area contributed by atoms with Gasteiger partial charge in [0.15, 0.2) is 23.1 Å². The van der Waals surface area contributed by atoms with Crippen LogP contribution in [0.3, 0.4) is 0 Å². The second-order valence-corrected chi connectivity index (χ2v) is 34.3. The van der Waals surface area contributed by atoms with Gasteiger partial charge in [0.05, 0.1) is 48.2 Å². The van der Waals surface area contributed by atoms with Gasteiger partial charge in [0.2, 0.25) is 0 Å². The molecule has 0 aliphatic heterocycles. The molecule has 27 heteroatoms. The largest absolute Gasteiger partial charge is 0.508 e. The number of carboxylic acids is 1. The maximum absolute atomic E-state index is 13.7. The molecule has 23 nitrogen and oxygen atoms in total. The number of likely N-dealkylation sites (N-methyl/N-ethyl adjacent to an activating group) is 2. The summed E-state index contributed by atoms with van der Waals surface area (Å²) in [4.78, 5) is 89.7. The minimum absolute atomic E-state index is 0.0172. The fraction of sp³-hybridized carbons (Fsp3) is 0.147. The zero-order valence-electron chi connectivity index (χ0n) is 75.8. The number of aromatic hydroxyl groups is 3. The Hall–Kier alpha value is -15.5. The van der Waals surface area contributed by atoms with Crippen LogP contribution in [0, 0.1) is 0 Å². The number of nitrogens with one attached hydrogen (secondary N) is 2. The number of hydrogen-bond acceptors (Lipinski definition) is 26. The number of esters is 2. The first-order valence-corrected chi connectivity index (χ1v) is 46.1. The van der Waals surface area contributed by atoms with Gasteiger partial charge in [-0.1, -0.05) is 13.8 Å². The minimum Gasteiger partial charge on any atom is -0.508 e. The van der Waals surface area contributed by atoms with Crippen LogP contribution in [0.1, 0.15) is 102 Å². The monoisotopic (exact) mass is 1900 g/mol. The first-order chi connectivity index (χ1) is 65.9. The number of methoxy groups -OCH3 is 6. The summed E-state index contributed by atoms with van der Waals surface area (Å²) in [6.45, 7) is 11.2. The summed E-state index contributed by atoms with van der Waals surface area (Å²) in [5.41, 5.74) is 8.66. The summed E-state index contributed by atoms with van der Waals surface area (Å²) in [6, 6.07) is 85.3. The normalized spacial score (nSPS) is 10.7. The van der Waals surface area contributed by atoms with E-state index in [1.165, 1.54) is 61.6 Å². The van der Waals surface area contributed by atoms with E-state index in [1.54, 1.807) is 180 Å². The van der Waals surface area contributed by atoms with Crippen LogP contribution in [-0.2, 0) is 9.59 Å². The number of ketones is 4. The van der Waals surface area contributed by atoms with Crippen molar-refractivity contribution in [3.05, 3.63) is 341 Å². The lowest BCUT2D eigenvalue weighted by atomic mass is 9.97. The topological polar surface area (TPSA) is 317 Å². The lowest BCUT2D eigenvalue weighted by Crippen LogP contribution is -2.20. The van der Waals surface area contributed by atoms with E-state index in [4.69, 9.17) is 52.5 Å². The molecule has 17 rings (SSSR count). The SMILES string of the molecule is CC(=O)Oc1ccc(C(=O)O)cc1.CCNCCOc1ccc(C(=O)c2c(-c3ccc(O)cc3)sc3cc(O)ccc23)cc1.CCNCCOc1ccc(C(=O)c2c(-c3ccc(OC)cc3)sc3cc(OC)ccc23)cc1.COc1ccc(-c2sc3cc(OC)ccc3c2C(=O)c2ccc(O)cc2)cc1.COc1ccc(-c2sc3cc(OC)ccc3c2C(=O)c2ccc(OC(C)=O)cc2)cc1. The number of fused-ring (bicyclic) bond motifs is 4. The third-order valence-corrected chi connectivity index (χ3v) is 26.0. The van der Waals surface area contributed by atoms with Gasteiger partial charge in [-0.3, -0.25) is 28.8 Å². The maximum atomic E-state index is 13.7. The first kappa shape index (κ1) is 98.0. The van der Waals surface area contributed by atoms with Crippen LogP contribution in [0.25, 0.3) is 82.1 Å². The number of phenols is 3. The predicted octanol–water partition coefficient (Wildman–Crippen LogP) is 23.6. The number of ether oxygens (including phenoxy) is 10. The fourth-order valence-corrected chi connectivity index (χ4v) is 19.3. The molecular weight excluding hydrogens is 1800 g/mol. The van der Waals surface area contributed by atoms with Gasteiger partial charge in [0.25, 0.3) is 0 Å². The van der Waals surface area contributed by atoms with Gasteiger partial charge in [-0.15, -0.1) is 45.3 Å². The fourth-order valence-electron chi connectivity index (χ4n) is 14.4. The van der Waals surface area contributed by atoms with Gasteiger partial charge in [-0.25, -0.2) is 4.79 Å². The quantitative estimate of drug-likeness (QED) is 0.0102. The average Bonchev–Trinajstić information content (AvgIpc) is 1.63. The molecule has 136 heavy (non-hydrogen) atoms. The Morgan fingerprint density at radius 3 is 0.772 bits per heavy atom. The Bertz CT molecular complexity index is 7060. The third-order valence-electron chi connectivity index (χ3n) is 21.2. The average molecular weight is 1900 g/mol. The van der Waals surface area contributed by atoms with E-state index in [2.05, 4.69) is 17.6 Å². The molecule has 0 saturated heterocycles. The number of thiophene rings is 4. The van der Waals surface area contributed by atoms with Crippen LogP contribution in [0.15, 0.2) is 291 Å². The standard InChI is InChI=1S/C27H27NO4S.C25H23NO4S.C25H20O5S.C23H18O4S.C9H8O4/c1-4-28-15-16-32-21-11-5-18(6-12-21)26(29)25-23-14-13-22(31-3)17-24(23)33-27(25)19-7-9-20(30-2)10-8-19;1-2-26-13-14-30-20-10-5-16(6-11-20)24(29)23-21-12-9-19(28)15-22(21)31-25(23)17-3-7-18(27)8-4-17;1-15(26)30-19-10-4-16(5-11-19)24(27)23-21-13-12-20(29-3)14-22(21)31-25(23)17-6-8-18(28-2)9-7-17;1-26-17-9-5-15(6-10-17)23-21(22(25)14-3-7-16(24)8-4-14)19-12-11-18(27-2)13-20(19)28-23;1-6(10)13-8-4-2-7(3-5-8)9(11)12/h5-14,17,28H,4,15-16H2,1-3H3;3-12,15,26-28H,2,13-14H2,1H3;4-14H,1-3H3;3-13,24H,1-2H3;2-5H,1H3,(H,11,12). The van der Waals surface area contributed by atoms with Crippen molar-refractivity contribution in [1.29, 1.82) is 0 Å². The van der Waals surface area contributed by atoms with Gasteiger partial charge in [0.1, 0.15) is 88.0 Å². The van der Waals surface area contributed by atoms with Crippen molar-refractivity contribution in [2.75, 3.05) is 82.1 Å². The molecule has 13 aromatic carbocycles. The number of rotatable bonds is 31. The summed E-state index contributed by atoms with van der Waals surface area (Å²) in [6.07, 6.45) is 0. The van der Waals surface area contributed by atoms with E-state index < -0.39 is 17.9 Å². The van der Waals surface area contributed by atoms with E-state index in [0.29, 0.717) is 75.0 Å². The number of carbonyl (C=O) groups is 7. The zero-order valence-corrected chi connectivity index (χ0v) is 79.1. The van der Waals surface area contributed by atoms with E-state index in [1.807, 2.05) is 159 Å². The Kier molecular flexibility index (Phi) is 33.7. The second kappa shape index (κ2) is 46.7. The summed E-state index contributed by atoms with van der Waals surface area (Å²) in [7, 11) is 9.78. The van der Waals surface area contributed by atoms with Crippen LogP contribution < -0.4 is 58.0 Å². The van der Waals surface area contributed by atoms with Crippen LogP contribution >= 0.6 is 45.3 Å². The molecule has 6 N–H and O–H groups in total. The van der Waals surface area contributed by atoms with Gasteiger partial charge < -0.3 is 78.4 Å². The summed E-state index contributed by atoms with van der Waals surface area (Å²) < 4.78 is 56.9. The van der Waals surface area contributed by atoms with Crippen LogP contribution in [0.4, 0.5) is 0 Å². The minimum atomic E-state index is -1.01. The number of aromatic carboxylic acids is 1. The van der Waals surface area contributed by atoms with E-state index in [0.717, 1.165) is 149 Å². The van der Waals surface area contributed by atoms with Gasteiger partial charge in [-0.2, -0.15) is 0 Å². The van der Waals surface area contributed by atoms with Gasteiger partial charge in [0, 0.05) is 131 Å². The smallest absolute Gasteiger partial charge is 0.335 e. The Balaban J connectivity index is 0.000000147. The van der Waals surface area contributed by atoms with Crippen molar-refractivity contribution in [1.82, 2.24) is 10.6 Å². The highest BCUT2D eigenvalue weighted by Gasteiger charge is 2.28. The molecule has 4 aromatic heterocycles. The molecule has 0 saturated carbocycles. The molecule has 4 heterocycles. The molecule has 0 aliphatic rings. The molecule has 692 valence electrons. The van der Waals surface area contributed by atoms with E-state index >= 15 is 0 Å². The van der Waals surface area contributed by atoms with E-state index in [9.17, 15) is 48.9 Å². The third kappa shape index (κ3) is 24.5. The highest BCUT2D eigenvalue weighted by Crippen LogP contribution is 2.47. The van der Waals surface area contributed by atoms with Crippen LogP contribution in [-0.4, -0.2) is 144 Å². The predicted molar refractivity (Wildman–Crippen MR) is 537 cm³/mol. The molecule has 0 amide bonds. The van der Waals surface area contributed by atoms with Crippen molar-refractivity contribution in [2.45, 2.75) is 27.7 Å². The van der Waals surface area contributed by atoms with Gasteiger partial charge in [-0.05, 0) is 327 Å². The summed E-state index contributed by atoms with van der Waals surface area (Å²) >= 11 is 6.13. The molecule has 0 atom stereocenters. The lowest BCUT2D eigenvalue weighted by molar-refractivity contribution is -0.132. The van der Waals surface area contributed by atoms with Crippen molar-refractivity contribution in [3.8, 4) is 117 Å². The summed E-state index contributed by atoms with van der Waals surface area (Å²) in [5.74, 6) is 5.07. The van der Waals surface area contributed by atoms with Crippen molar-refractivity contribution in [3.63, 3.8) is 0 Å². The lowest BCUT2D eigenvalue weighted by Gasteiger charge is -2.09.